The van der Waals surface area contributed by atoms with Gasteiger partial charge in [0.05, 0.1) is 0 Å². The Kier molecular flexibility index (Phi) is 6.98. The number of rotatable bonds is 7. The van der Waals surface area contributed by atoms with E-state index in [4.69, 9.17) is 0 Å². The van der Waals surface area contributed by atoms with E-state index in [0.29, 0.717) is 6.54 Å². The number of alkyl halides is 3. The Morgan fingerprint density at radius 2 is 1.60 bits per heavy atom. The molecule has 0 aromatic heterocycles. The lowest BCUT2D eigenvalue weighted by molar-refractivity contribution is -0.159. The first-order valence-corrected chi connectivity index (χ1v) is 5.75. The summed E-state index contributed by atoms with van der Waals surface area (Å²) in [6.45, 7) is 6.20. The van der Waals surface area contributed by atoms with Gasteiger partial charge in [-0.1, -0.05) is 33.6 Å². The molecule has 0 aliphatic carbocycles. The third-order valence-electron chi connectivity index (χ3n) is 2.76. The van der Waals surface area contributed by atoms with Crippen LogP contribution in [-0.4, -0.2) is 18.8 Å². The van der Waals surface area contributed by atoms with Crippen molar-refractivity contribution in [3.63, 3.8) is 0 Å². The first-order valence-electron chi connectivity index (χ1n) is 5.75. The fraction of sp³-hybridized carbons (Fsp3) is 1.00. The Morgan fingerprint density at radius 1 is 1.07 bits per heavy atom. The SMILES string of the molecule is CCCNC(CC(CC)CC)C(F)(F)F. The van der Waals surface area contributed by atoms with Crippen molar-refractivity contribution >= 4 is 0 Å². The van der Waals surface area contributed by atoms with Crippen molar-refractivity contribution < 1.29 is 13.2 Å². The zero-order valence-corrected chi connectivity index (χ0v) is 9.82. The second kappa shape index (κ2) is 7.09. The molecule has 15 heavy (non-hydrogen) atoms. The Hall–Kier alpha value is -0.250. The van der Waals surface area contributed by atoms with Crippen molar-refractivity contribution in [3.05, 3.63) is 0 Å². The molecule has 0 saturated carbocycles. The van der Waals surface area contributed by atoms with Gasteiger partial charge in [0.25, 0.3) is 0 Å². The summed E-state index contributed by atoms with van der Waals surface area (Å²) >= 11 is 0. The molecule has 0 aliphatic heterocycles. The van der Waals surface area contributed by atoms with E-state index in [9.17, 15) is 13.2 Å². The monoisotopic (exact) mass is 225 g/mol. The minimum atomic E-state index is -4.11. The van der Waals surface area contributed by atoms with Gasteiger partial charge in [0.15, 0.2) is 0 Å². The fourth-order valence-corrected chi connectivity index (χ4v) is 1.61. The molecule has 0 bridgehead atoms. The maximum Gasteiger partial charge on any atom is 0.403 e. The molecule has 4 heteroatoms. The minimum absolute atomic E-state index is 0.168. The summed E-state index contributed by atoms with van der Waals surface area (Å²) in [5, 5.41) is 2.58. The van der Waals surface area contributed by atoms with Crippen molar-refractivity contribution in [2.45, 2.75) is 58.7 Å². The summed E-state index contributed by atoms with van der Waals surface area (Å²) in [4.78, 5) is 0. The van der Waals surface area contributed by atoms with Gasteiger partial charge >= 0.3 is 6.18 Å². The van der Waals surface area contributed by atoms with E-state index in [0.717, 1.165) is 19.3 Å². The standard InChI is InChI=1S/C11H22F3N/c1-4-7-15-10(11(12,13)14)8-9(5-2)6-3/h9-10,15H,4-8H2,1-3H3. The van der Waals surface area contributed by atoms with Crippen LogP contribution in [0, 0.1) is 5.92 Å². The largest absolute Gasteiger partial charge is 0.403 e. The van der Waals surface area contributed by atoms with Crippen LogP contribution in [0.1, 0.15) is 46.5 Å². The third-order valence-corrected chi connectivity index (χ3v) is 2.76. The lowest BCUT2D eigenvalue weighted by atomic mass is 9.94. The van der Waals surface area contributed by atoms with Crippen LogP contribution in [0.3, 0.4) is 0 Å². The third kappa shape index (κ3) is 6.03. The van der Waals surface area contributed by atoms with Gasteiger partial charge in [0.1, 0.15) is 6.04 Å². The minimum Gasteiger partial charge on any atom is -0.306 e. The number of nitrogens with one attached hydrogen (secondary N) is 1. The highest BCUT2D eigenvalue weighted by atomic mass is 19.4. The summed E-state index contributed by atoms with van der Waals surface area (Å²) < 4.78 is 37.8. The van der Waals surface area contributed by atoms with Gasteiger partial charge < -0.3 is 5.32 Å². The molecule has 1 nitrogen and oxygen atoms in total. The molecular formula is C11H22F3N. The van der Waals surface area contributed by atoms with E-state index in [1.54, 1.807) is 0 Å². The molecule has 0 aromatic rings. The molecule has 0 saturated heterocycles. The van der Waals surface area contributed by atoms with Crippen molar-refractivity contribution in [2.75, 3.05) is 6.54 Å². The zero-order chi connectivity index (χ0) is 11.9. The molecule has 0 aromatic carbocycles. The lowest BCUT2D eigenvalue weighted by Crippen LogP contribution is -2.43. The van der Waals surface area contributed by atoms with Gasteiger partial charge in [-0.15, -0.1) is 0 Å². The van der Waals surface area contributed by atoms with Crippen molar-refractivity contribution in [3.8, 4) is 0 Å². The van der Waals surface area contributed by atoms with Crippen molar-refractivity contribution in [2.24, 2.45) is 5.92 Å². The van der Waals surface area contributed by atoms with Crippen LogP contribution in [-0.2, 0) is 0 Å². The van der Waals surface area contributed by atoms with E-state index in [-0.39, 0.29) is 12.3 Å². The molecule has 0 radical (unpaired) electrons. The maximum atomic E-state index is 12.6. The summed E-state index contributed by atoms with van der Waals surface area (Å²) in [5.41, 5.74) is 0. The number of halogens is 3. The highest BCUT2D eigenvalue weighted by molar-refractivity contribution is 4.77. The van der Waals surface area contributed by atoms with E-state index in [1.165, 1.54) is 0 Å². The smallest absolute Gasteiger partial charge is 0.306 e. The van der Waals surface area contributed by atoms with Gasteiger partial charge in [-0.05, 0) is 25.3 Å². The van der Waals surface area contributed by atoms with Crippen LogP contribution >= 0.6 is 0 Å². The molecular weight excluding hydrogens is 203 g/mol. The van der Waals surface area contributed by atoms with Gasteiger partial charge in [0.2, 0.25) is 0 Å². The van der Waals surface area contributed by atoms with Crippen LogP contribution in [0.2, 0.25) is 0 Å². The molecule has 0 spiro atoms. The van der Waals surface area contributed by atoms with Crippen molar-refractivity contribution in [1.82, 2.24) is 5.32 Å². The molecule has 0 aliphatic rings. The average Bonchev–Trinajstić information content (AvgIpc) is 2.16. The summed E-state index contributed by atoms with van der Waals surface area (Å²) in [6.07, 6.45) is -1.54. The van der Waals surface area contributed by atoms with Crippen LogP contribution in [0.15, 0.2) is 0 Å². The molecule has 0 heterocycles. The lowest BCUT2D eigenvalue weighted by Gasteiger charge is -2.25. The van der Waals surface area contributed by atoms with Crippen LogP contribution in [0.4, 0.5) is 13.2 Å². The Bertz CT molecular complexity index is 152. The Morgan fingerprint density at radius 3 is 1.93 bits per heavy atom. The second-order valence-corrected chi connectivity index (χ2v) is 3.97. The van der Waals surface area contributed by atoms with E-state index in [1.807, 2.05) is 20.8 Å². The van der Waals surface area contributed by atoms with Gasteiger partial charge in [0, 0.05) is 0 Å². The molecule has 92 valence electrons. The molecule has 0 rings (SSSR count). The van der Waals surface area contributed by atoms with E-state index >= 15 is 0 Å². The summed E-state index contributed by atoms with van der Waals surface area (Å²) in [7, 11) is 0. The van der Waals surface area contributed by atoms with Gasteiger partial charge in [-0.2, -0.15) is 13.2 Å². The molecule has 0 fully saturated rings. The molecule has 1 atom stereocenters. The van der Waals surface area contributed by atoms with Crippen molar-refractivity contribution in [1.29, 1.82) is 0 Å². The second-order valence-electron chi connectivity index (χ2n) is 3.97. The first kappa shape index (κ1) is 14.8. The Balaban J connectivity index is 4.23. The quantitative estimate of drug-likeness (QED) is 0.696. The van der Waals surface area contributed by atoms with E-state index < -0.39 is 12.2 Å². The molecule has 0 amide bonds. The predicted octanol–water partition coefficient (Wildman–Crippen LogP) is 3.74. The molecule has 1 N–H and O–H groups in total. The maximum absolute atomic E-state index is 12.6. The topological polar surface area (TPSA) is 12.0 Å². The number of hydrogen-bond donors (Lipinski definition) is 1. The Labute approximate surface area is 90.4 Å². The summed E-state index contributed by atoms with van der Waals surface area (Å²) in [6, 6.07) is -1.33. The average molecular weight is 225 g/mol. The van der Waals surface area contributed by atoms with Crippen LogP contribution in [0.5, 0.6) is 0 Å². The zero-order valence-electron chi connectivity index (χ0n) is 9.82. The predicted molar refractivity (Wildman–Crippen MR) is 56.8 cm³/mol. The van der Waals surface area contributed by atoms with Gasteiger partial charge in [-0.25, -0.2) is 0 Å². The highest BCUT2D eigenvalue weighted by Crippen LogP contribution is 2.27. The molecule has 1 unspecified atom stereocenters. The highest BCUT2D eigenvalue weighted by Gasteiger charge is 2.39. The fourth-order valence-electron chi connectivity index (χ4n) is 1.61. The first-order chi connectivity index (χ1) is 6.95. The normalized spacial score (nSPS) is 14.6. The van der Waals surface area contributed by atoms with Crippen LogP contribution in [0.25, 0.3) is 0 Å². The van der Waals surface area contributed by atoms with E-state index in [2.05, 4.69) is 5.32 Å². The van der Waals surface area contributed by atoms with Crippen LogP contribution < -0.4 is 5.32 Å². The number of hydrogen-bond acceptors (Lipinski definition) is 1. The van der Waals surface area contributed by atoms with Gasteiger partial charge in [-0.3, -0.25) is 0 Å². The summed E-state index contributed by atoms with van der Waals surface area (Å²) in [5.74, 6) is 0.168.